The Morgan fingerprint density at radius 2 is 1.88 bits per heavy atom. The molecular weight excluding hydrogens is 318 g/mol. The third kappa shape index (κ3) is 7.53. The molecule has 0 unspecified atom stereocenters. The summed E-state index contributed by atoms with van der Waals surface area (Å²) in [6, 6.07) is 8.99. The number of alkyl halides is 2. The van der Waals surface area contributed by atoms with Gasteiger partial charge in [0.2, 0.25) is 5.92 Å². The maximum atomic E-state index is 13.9. The van der Waals surface area contributed by atoms with E-state index < -0.39 is 36.6 Å². The molecule has 0 aromatic heterocycles. The van der Waals surface area contributed by atoms with Crippen molar-refractivity contribution in [2.45, 2.75) is 51.6 Å². The van der Waals surface area contributed by atoms with E-state index in [9.17, 15) is 18.4 Å². The molecule has 1 aromatic carbocycles. The fourth-order valence-electron chi connectivity index (χ4n) is 2.30. The third-order valence-electron chi connectivity index (χ3n) is 3.63. The zero-order valence-corrected chi connectivity index (χ0v) is 14.1. The number of esters is 2. The zero-order chi connectivity index (χ0) is 18.0. The fourth-order valence-corrected chi connectivity index (χ4v) is 2.30. The molecule has 6 heteroatoms. The number of ether oxygens (including phenoxy) is 2. The van der Waals surface area contributed by atoms with Crippen LogP contribution in [-0.4, -0.2) is 25.0 Å². The van der Waals surface area contributed by atoms with Crippen LogP contribution < -0.4 is 0 Å². The van der Waals surface area contributed by atoms with Gasteiger partial charge >= 0.3 is 11.9 Å². The molecule has 0 spiro atoms. The highest BCUT2D eigenvalue weighted by Crippen LogP contribution is 2.31. The van der Waals surface area contributed by atoms with Gasteiger partial charge in [-0.3, -0.25) is 9.59 Å². The van der Waals surface area contributed by atoms with Gasteiger partial charge in [-0.15, -0.1) is 0 Å². The Balaban J connectivity index is 2.58. The maximum Gasteiger partial charge on any atom is 0.309 e. The number of methoxy groups -OCH3 is 1. The molecule has 1 atom stereocenters. The number of halogens is 2. The van der Waals surface area contributed by atoms with E-state index in [1.54, 1.807) is 24.3 Å². The summed E-state index contributed by atoms with van der Waals surface area (Å²) in [5.41, 5.74) is 0.786. The van der Waals surface area contributed by atoms with E-state index in [1.807, 2.05) is 13.0 Å². The van der Waals surface area contributed by atoms with Crippen LogP contribution in [0.5, 0.6) is 0 Å². The smallest absolute Gasteiger partial charge is 0.309 e. The van der Waals surface area contributed by atoms with Gasteiger partial charge in [0, 0.05) is 12.8 Å². The summed E-state index contributed by atoms with van der Waals surface area (Å²) in [5, 5.41) is 0. The van der Waals surface area contributed by atoms with Crippen molar-refractivity contribution in [2.75, 3.05) is 7.11 Å². The van der Waals surface area contributed by atoms with Crippen molar-refractivity contribution in [3.63, 3.8) is 0 Å². The predicted octanol–water partition coefficient (Wildman–Crippen LogP) is 4.12. The Hall–Kier alpha value is -1.98. The molecule has 134 valence electrons. The molecule has 0 saturated carbocycles. The molecule has 0 aliphatic carbocycles. The zero-order valence-electron chi connectivity index (χ0n) is 14.1. The topological polar surface area (TPSA) is 52.6 Å². The molecule has 0 aliphatic heterocycles. The lowest BCUT2D eigenvalue weighted by Crippen LogP contribution is -2.29. The molecule has 1 rings (SSSR count). The van der Waals surface area contributed by atoms with Gasteiger partial charge in [-0.1, -0.05) is 43.7 Å². The van der Waals surface area contributed by atoms with Crippen molar-refractivity contribution in [1.29, 1.82) is 0 Å². The van der Waals surface area contributed by atoms with Gasteiger partial charge in [0.05, 0.1) is 19.4 Å². The maximum absolute atomic E-state index is 13.9. The highest BCUT2D eigenvalue weighted by molar-refractivity contribution is 5.79. The van der Waals surface area contributed by atoms with Gasteiger partial charge in [-0.2, -0.15) is 0 Å². The van der Waals surface area contributed by atoms with Crippen LogP contribution in [0.4, 0.5) is 8.78 Å². The lowest BCUT2D eigenvalue weighted by Gasteiger charge is -2.21. The lowest BCUT2D eigenvalue weighted by atomic mass is 9.94. The standard InChI is InChI=1S/C18H24F2O4/c1-3-4-10-18(19,20)12-15(17(22)23-2)11-16(21)24-13-14-8-6-5-7-9-14/h5-9,15H,3-4,10-13H2,1-2H3/t15-/m0/s1. The summed E-state index contributed by atoms with van der Waals surface area (Å²) in [6.07, 6.45) is -0.436. The molecule has 0 fully saturated rings. The Labute approximate surface area is 141 Å². The third-order valence-corrected chi connectivity index (χ3v) is 3.63. The minimum atomic E-state index is -3.01. The monoisotopic (exact) mass is 342 g/mol. The van der Waals surface area contributed by atoms with Crippen LogP contribution in [0.15, 0.2) is 30.3 Å². The van der Waals surface area contributed by atoms with E-state index in [1.165, 1.54) is 0 Å². The van der Waals surface area contributed by atoms with Crippen LogP contribution >= 0.6 is 0 Å². The fraction of sp³-hybridized carbons (Fsp3) is 0.556. The summed E-state index contributed by atoms with van der Waals surface area (Å²) in [7, 11) is 1.12. The Morgan fingerprint density at radius 1 is 1.21 bits per heavy atom. The molecule has 0 aliphatic rings. The molecule has 4 nitrogen and oxygen atoms in total. The second kappa shape index (κ2) is 10.0. The Morgan fingerprint density at radius 3 is 2.46 bits per heavy atom. The molecule has 0 radical (unpaired) electrons. The summed E-state index contributed by atoms with van der Waals surface area (Å²) >= 11 is 0. The quantitative estimate of drug-likeness (QED) is 0.600. The van der Waals surface area contributed by atoms with Gasteiger partial charge in [-0.05, 0) is 12.0 Å². The number of benzene rings is 1. The van der Waals surface area contributed by atoms with E-state index in [4.69, 9.17) is 4.74 Å². The van der Waals surface area contributed by atoms with E-state index in [0.717, 1.165) is 12.7 Å². The Bertz CT molecular complexity index is 517. The number of unbranched alkanes of at least 4 members (excludes halogenated alkanes) is 1. The largest absolute Gasteiger partial charge is 0.469 e. The van der Waals surface area contributed by atoms with Gasteiger partial charge in [-0.25, -0.2) is 8.78 Å². The van der Waals surface area contributed by atoms with Crippen LogP contribution in [0, 0.1) is 5.92 Å². The van der Waals surface area contributed by atoms with Gasteiger partial charge in [0.25, 0.3) is 0 Å². The van der Waals surface area contributed by atoms with Crippen molar-refractivity contribution in [1.82, 2.24) is 0 Å². The average molecular weight is 342 g/mol. The highest BCUT2D eigenvalue weighted by Gasteiger charge is 2.37. The molecule has 0 heterocycles. The van der Waals surface area contributed by atoms with Crippen molar-refractivity contribution in [3.05, 3.63) is 35.9 Å². The van der Waals surface area contributed by atoms with Gasteiger partial charge in [0.1, 0.15) is 6.61 Å². The molecule has 0 saturated heterocycles. The van der Waals surface area contributed by atoms with Crippen LogP contribution in [0.2, 0.25) is 0 Å². The van der Waals surface area contributed by atoms with Gasteiger partial charge < -0.3 is 9.47 Å². The summed E-state index contributed by atoms with van der Waals surface area (Å²) in [5.74, 6) is -5.72. The number of carbonyl (C=O) groups excluding carboxylic acids is 2. The van der Waals surface area contributed by atoms with Crippen molar-refractivity contribution < 1.29 is 27.8 Å². The van der Waals surface area contributed by atoms with Crippen molar-refractivity contribution in [3.8, 4) is 0 Å². The number of carbonyl (C=O) groups is 2. The van der Waals surface area contributed by atoms with E-state index in [2.05, 4.69) is 4.74 Å². The molecule has 1 aromatic rings. The normalized spacial score (nSPS) is 12.5. The van der Waals surface area contributed by atoms with E-state index in [-0.39, 0.29) is 13.0 Å². The highest BCUT2D eigenvalue weighted by atomic mass is 19.3. The summed E-state index contributed by atoms with van der Waals surface area (Å²) in [4.78, 5) is 23.6. The lowest BCUT2D eigenvalue weighted by molar-refractivity contribution is -0.157. The number of rotatable bonds is 10. The Kier molecular flexibility index (Phi) is 8.36. The summed E-state index contributed by atoms with van der Waals surface area (Å²) < 4.78 is 37.4. The average Bonchev–Trinajstić information content (AvgIpc) is 2.57. The van der Waals surface area contributed by atoms with E-state index >= 15 is 0 Å². The second-order valence-corrected chi connectivity index (χ2v) is 5.73. The number of hydrogen-bond acceptors (Lipinski definition) is 4. The van der Waals surface area contributed by atoms with Crippen LogP contribution in [0.25, 0.3) is 0 Å². The first kappa shape index (κ1) is 20.1. The predicted molar refractivity (Wildman–Crippen MR) is 85.5 cm³/mol. The minimum absolute atomic E-state index is 0.0415. The summed E-state index contributed by atoms with van der Waals surface area (Å²) in [6.45, 7) is 1.86. The van der Waals surface area contributed by atoms with Crippen LogP contribution in [0.3, 0.4) is 0 Å². The first-order valence-electron chi connectivity index (χ1n) is 8.03. The second-order valence-electron chi connectivity index (χ2n) is 5.73. The first-order chi connectivity index (χ1) is 11.4. The first-order valence-corrected chi connectivity index (χ1v) is 8.03. The molecule has 0 N–H and O–H groups in total. The van der Waals surface area contributed by atoms with Gasteiger partial charge in [0.15, 0.2) is 0 Å². The number of hydrogen-bond donors (Lipinski definition) is 0. The molecule has 24 heavy (non-hydrogen) atoms. The van der Waals surface area contributed by atoms with Crippen molar-refractivity contribution >= 4 is 11.9 Å². The molecule has 0 amide bonds. The molecule has 0 bridgehead atoms. The van der Waals surface area contributed by atoms with E-state index in [0.29, 0.717) is 12.8 Å². The minimum Gasteiger partial charge on any atom is -0.469 e. The SMILES string of the molecule is CCCCC(F)(F)C[C@H](CC(=O)OCc1ccccc1)C(=O)OC. The molecular formula is C18H24F2O4. The van der Waals surface area contributed by atoms with Crippen molar-refractivity contribution in [2.24, 2.45) is 5.92 Å². The van der Waals surface area contributed by atoms with Crippen LogP contribution in [-0.2, 0) is 25.7 Å². The van der Waals surface area contributed by atoms with Crippen LogP contribution in [0.1, 0.15) is 44.6 Å².